The third kappa shape index (κ3) is 2.08. The SMILES string of the molecule is CN(CC1CC2CCC1C2)c1ncc(N)cn1. The molecule has 2 aliphatic carbocycles. The van der Waals surface area contributed by atoms with E-state index in [1.165, 1.54) is 25.7 Å². The van der Waals surface area contributed by atoms with Crippen LogP contribution in [0.2, 0.25) is 0 Å². The molecule has 1 aromatic rings. The fourth-order valence-corrected chi connectivity index (χ4v) is 3.56. The third-order valence-electron chi connectivity index (χ3n) is 4.39. The second-order valence-corrected chi connectivity index (χ2v) is 5.63. The number of aromatic nitrogens is 2. The molecule has 0 aromatic carbocycles. The van der Waals surface area contributed by atoms with Gasteiger partial charge in [0.25, 0.3) is 0 Å². The second kappa shape index (κ2) is 4.17. The van der Waals surface area contributed by atoms with Crippen LogP contribution in [0.25, 0.3) is 0 Å². The normalized spacial score (nSPS) is 30.8. The zero-order valence-corrected chi connectivity index (χ0v) is 10.3. The van der Waals surface area contributed by atoms with Crippen LogP contribution in [-0.2, 0) is 0 Å². The van der Waals surface area contributed by atoms with E-state index in [-0.39, 0.29) is 0 Å². The molecule has 0 spiro atoms. The first kappa shape index (κ1) is 10.8. The highest BCUT2D eigenvalue weighted by molar-refractivity contribution is 5.37. The molecule has 1 aromatic heterocycles. The molecule has 0 saturated heterocycles. The monoisotopic (exact) mass is 232 g/mol. The van der Waals surface area contributed by atoms with Crippen LogP contribution in [0.5, 0.6) is 0 Å². The van der Waals surface area contributed by atoms with Crippen molar-refractivity contribution < 1.29 is 0 Å². The summed E-state index contributed by atoms with van der Waals surface area (Å²) < 4.78 is 0. The van der Waals surface area contributed by atoms with Crippen molar-refractivity contribution in [2.75, 3.05) is 24.2 Å². The van der Waals surface area contributed by atoms with E-state index in [0.717, 1.165) is 30.2 Å². The summed E-state index contributed by atoms with van der Waals surface area (Å²) in [7, 11) is 2.08. The summed E-state index contributed by atoms with van der Waals surface area (Å²) in [6.45, 7) is 1.09. The summed E-state index contributed by atoms with van der Waals surface area (Å²) in [5, 5.41) is 0. The number of nitrogens with two attached hydrogens (primary N) is 1. The molecule has 2 aliphatic rings. The molecule has 4 heteroatoms. The average Bonchev–Trinajstić information content (AvgIpc) is 2.91. The van der Waals surface area contributed by atoms with Gasteiger partial charge in [-0.15, -0.1) is 0 Å². The standard InChI is InChI=1S/C13H20N4/c1-17(13-15-6-12(14)7-16-13)8-11-5-9-2-3-10(11)4-9/h6-7,9-11H,2-5,8,14H2,1H3. The minimum atomic E-state index is 0.627. The lowest BCUT2D eigenvalue weighted by Crippen LogP contribution is -2.29. The molecular weight excluding hydrogens is 212 g/mol. The second-order valence-electron chi connectivity index (χ2n) is 5.63. The van der Waals surface area contributed by atoms with Gasteiger partial charge in [-0.25, -0.2) is 9.97 Å². The van der Waals surface area contributed by atoms with E-state index >= 15 is 0 Å². The van der Waals surface area contributed by atoms with Crippen molar-refractivity contribution in [3.05, 3.63) is 12.4 Å². The van der Waals surface area contributed by atoms with Gasteiger partial charge in [0, 0.05) is 13.6 Å². The first-order chi connectivity index (χ1) is 8.22. The first-order valence-electron chi connectivity index (χ1n) is 6.51. The summed E-state index contributed by atoms with van der Waals surface area (Å²) in [5.41, 5.74) is 6.22. The molecule has 3 unspecified atom stereocenters. The smallest absolute Gasteiger partial charge is 0.225 e. The third-order valence-corrected chi connectivity index (χ3v) is 4.39. The Morgan fingerprint density at radius 1 is 1.29 bits per heavy atom. The van der Waals surface area contributed by atoms with E-state index in [1.807, 2.05) is 0 Å². The average molecular weight is 232 g/mol. The fourth-order valence-electron chi connectivity index (χ4n) is 3.56. The summed E-state index contributed by atoms with van der Waals surface area (Å²) >= 11 is 0. The molecule has 3 atom stereocenters. The van der Waals surface area contributed by atoms with Crippen LogP contribution in [0, 0.1) is 17.8 Å². The topological polar surface area (TPSA) is 55.0 Å². The highest BCUT2D eigenvalue weighted by Gasteiger charge is 2.39. The molecule has 3 rings (SSSR count). The van der Waals surface area contributed by atoms with Gasteiger partial charge < -0.3 is 10.6 Å². The number of nitrogens with zero attached hydrogens (tertiary/aromatic N) is 3. The fraction of sp³-hybridized carbons (Fsp3) is 0.692. The van der Waals surface area contributed by atoms with Gasteiger partial charge in [0.1, 0.15) is 0 Å². The van der Waals surface area contributed by atoms with Crippen LogP contribution < -0.4 is 10.6 Å². The van der Waals surface area contributed by atoms with Crippen molar-refractivity contribution in [1.82, 2.24) is 9.97 Å². The van der Waals surface area contributed by atoms with Crippen LogP contribution in [0.15, 0.2) is 12.4 Å². The van der Waals surface area contributed by atoms with E-state index in [2.05, 4.69) is 21.9 Å². The van der Waals surface area contributed by atoms with Gasteiger partial charge in [-0.05, 0) is 37.0 Å². The van der Waals surface area contributed by atoms with Gasteiger partial charge in [0.15, 0.2) is 0 Å². The Balaban J connectivity index is 1.63. The van der Waals surface area contributed by atoms with Crippen molar-refractivity contribution in [2.24, 2.45) is 17.8 Å². The zero-order chi connectivity index (χ0) is 11.8. The minimum absolute atomic E-state index is 0.627. The van der Waals surface area contributed by atoms with Gasteiger partial charge in [-0.3, -0.25) is 0 Å². The summed E-state index contributed by atoms with van der Waals surface area (Å²) in [5.74, 6) is 3.60. The van der Waals surface area contributed by atoms with Crippen LogP contribution in [0.3, 0.4) is 0 Å². The Labute approximate surface area is 102 Å². The number of hydrogen-bond acceptors (Lipinski definition) is 4. The van der Waals surface area contributed by atoms with E-state index in [9.17, 15) is 0 Å². The number of anilines is 2. The van der Waals surface area contributed by atoms with Crippen molar-refractivity contribution >= 4 is 11.6 Å². The molecular formula is C13H20N4. The van der Waals surface area contributed by atoms with E-state index < -0.39 is 0 Å². The van der Waals surface area contributed by atoms with E-state index in [0.29, 0.717) is 5.69 Å². The molecule has 2 fully saturated rings. The maximum atomic E-state index is 5.60. The lowest BCUT2D eigenvalue weighted by Gasteiger charge is -2.27. The molecule has 2 saturated carbocycles. The van der Waals surface area contributed by atoms with Crippen LogP contribution in [-0.4, -0.2) is 23.6 Å². The summed E-state index contributed by atoms with van der Waals surface area (Å²) in [4.78, 5) is 10.7. The Bertz CT molecular complexity index is 389. The molecule has 0 radical (unpaired) electrons. The highest BCUT2D eigenvalue weighted by atomic mass is 15.2. The van der Waals surface area contributed by atoms with Crippen molar-refractivity contribution in [1.29, 1.82) is 0 Å². The lowest BCUT2D eigenvalue weighted by atomic mass is 9.88. The predicted octanol–water partition coefficient (Wildman–Crippen LogP) is 1.93. The molecule has 17 heavy (non-hydrogen) atoms. The lowest BCUT2D eigenvalue weighted by molar-refractivity contribution is 0.336. The van der Waals surface area contributed by atoms with Crippen molar-refractivity contribution in [3.63, 3.8) is 0 Å². The molecule has 1 heterocycles. The largest absolute Gasteiger partial charge is 0.396 e. The van der Waals surface area contributed by atoms with E-state index in [1.54, 1.807) is 12.4 Å². The molecule has 0 aliphatic heterocycles. The first-order valence-corrected chi connectivity index (χ1v) is 6.51. The summed E-state index contributed by atoms with van der Waals surface area (Å²) in [6.07, 6.45) is 9.12. The van der Waals surface area contributed by atoms with Gasteiger partial charge in [0.2, 0.25) is 5.95 Å². The van der Waals surface area contributed by atoms with Gasteiger partial charge in [-0.2, -0.15) is 0 Å². The van der Waals surface area contributed by atoms with Crippen LogP contribution in [0.4, 0.5) is 11.6 Å². The maximum Gasteiger partial charge on any atom is 0.225 e. The molecule has 0 amide bonds. The van der Waals surface area contributed by atoms with Gasteiger partial charge >= 0.3 is 0 Å². The Hall–Kier alpha value is -1.32. The zero-order valence-electron chi connectivity index (χ0n) is 10.3. The Morgan fingerprint density at radius 2 is 2.06 bits per heavy atom. The molecule has 2 bridgehead atoms. The number of nitrogen functional groups attached to an aromatic ring is 1. The number of hydrogen-bond donors (Lipinski definition) is 1. The Morgan fingerprint density at radius 3 is 2.65 bits per heavy atom. The quantitative estimate of drug-likeness (QED) is 0.865. The van der Waals surface area contributed by atoms with Gasteiger partial charge in [0.05, 0.1) is 18.1 Å². The van der Waals surface area contributed by atoms with Crippen molar-refractivity contribution in [3.8, 4) is 0 Å². The van der Waals surface area contributed by atoms with Gasteiger partial charge in [-0.1, -0.05) is 6.42 Å². The predicted molar refractivity (Wildman–Crippen MR) is 68.7 cm³/mol. The maximum absolute atomic E-state index is 5.60. The summed E-state index contributed by atoms with van der Waals surface area (Å²) in [6, 6.07) is 0. The highest BCUT2D eigenvalue weighted by Crippen LogP contribution is 2.48. The van der Waals surface area contributed by atoms with Crippen LogP contribution in [0.1, 0.15) is 25.7 Å². The Kier molecular flexibility index (Phi) is 2.65. The molecule has 4 nitrogen and oxygen atoms in total. The van der Waals surface area contributed by atoms with E-state index in [4.69, 9.17) is 5.73 Å². The molecule has 92 valence electrons. The number of rotatable bonds is 3. The number of fused-ring (bicyclic) bond motifs is 2. The molecule has 2 N–H and O–H groups in total. The minimum Gasteiger partial charge on any atom is -0.396 e. The van der Waals surface area contributed by atoms with Crippen molar-refractivity contribution in [2.45, 2.75) is 25.7 Å². The van der Waals surface area contributed by atoms with Crippen LogP contribution >= 0.6 is 0 Å².